The molecule has 0 saturated carbocycles. The van der Waals surface area contributed by atoms with Crippen molar-refractivity contribution in [3.63, 3.8) is 0 Å². The van der Waals surface area contributed by atoms with Crippen LogP contribution in [0.1, 0.15) is 526 Å². The second kappa shape index (κ2) is 79.2. The maximum absolute atomic E-state index is 2.64. The van der Waals surface area contributed by atoms with Crippen LogP contribution in [0.2, 0.25) is 0 Å². The predicted molar refractivity (Wildman–Crippen MR) is 403 cm³/mol. The lowest BCUT2D eigenvalue weighted by atomic mass is 9.75. The van der Waals surface area contributed by atoms with Crippen LogP contribution in [-0.4, -0.2) is 0 Å². The zero-order valence-corrected chi connectivity index (χ0v) is 63.6. The van der Waals surface area contributed by atoms with Gasteiger partial charge in [-0.3, -0.25) is 0 Å². The minimum Gasteiger partial charge on any atom is -0.0654 e. The van der Waals surface area contributed by atoms with Gasteiger partial charge in [-0.15, -0.1) is 0 Å². The second-order valence-electron chi connectivity index (χ2n) is 30.4. The molecule has 0 aromatic carbocycles. The molecule has 0 heterocycles. The zero-order chi connectivity index (χ0) is 63.6. The molecule has 0 fully saturated rings. The van der Waals surface area contributed by atoms with Crippen LogP contribution in [0.5, 0.6) is 0 Å². The number of hydrogen-bond acceptors (Lipinski definition) is 0. The van der Waals surface area contributed by atoms with Gasteiger partial charge in [0.2, 0.25) is 0 Å². The van der Waals surface area contributed by atoms with E-state index in [9.17, 15) is 0 Å². The first-order chi connectivity index (χ1) is 42.2. The van der Waals surface area contributed by atoms with E-state index < -0.39 is 0 Å². The van der Waals surface area contributed by atoms with Crippen molar-refractivity contribution in [3.05, 3.63) is 0 Å². The summed E-state index contributed by atoms with van der Waals surface area (Å²) in [5.74, 6) is 4.04. The average Bonchev–Trinajstić information content (AvgIpc) is 3.56. The van der Waals surface area contributed by atoms with E-state index in [0.717, 1.165) is 23.7 Å². The van der Waals surface area contributed by atoms with Crippen molar-refractivity contribution in [1.29, 1.82) is 0 Å². The fourth-order valence-electron chi connectivity index (χ4n) is 14.7. The topological polar surface area (TPSA) is 0 Å². The Morgan fingerprint density at radius 2 is 0.326 bits per heavy atom. The third-order valence-corrected chi connectivity index (χ3v) is 21.0. The quantitative estimate of drug-likeness (QED) is 0.0533. The maximum Gasteiger partial charge on any atom is -0.0326 e. The molecule has 0 aliphatic rings. The van der Waals surface area contributed by atoms with Gasteiger partial charge in [0, 0.05) is 0 Å². The molecule has 0 aliphatic carbocycles. The molecule has 0 heteroatoms. The third-order valence-electron chi connectivity index (χ3n) is 21.0. The molecule has 0 aliphatic heterocycles. The first-order valence-electron chi connectivity index (χ1n) is 42.2. The van der Waals surface area contributed by atoms with Crippen LogP contribution in [0.4, 0.5) is 0 Å². The summed E-state index contributed by atoms with van der Waals surface area (Å²) in [6.45, 7) is 28.5. The summed E-state index contributed by atoms with van der Waals surface area (Å²) in [5.41, 5.74) is 0.635. The van der Waals surface area contributed by atoms with E-state index in [2.05, 4.69) is 83.1 Å². The highest BCUT2D eigenvalue weighted by Gasteiger charge is 2.23. The summed E-state index contributed by atoms with van der Waals surface area (Å²) in [4.78, 5) is 0. The predicted octanol–water partition coefficient (Wildman–Crippen LogP) is 33.6. The van der Waals surface area contributed by atoms with Crippen LogP contribution in [0.3, 0.4) is 0 Å². The van der Waals surface area contributed by atoms with Crippen molar-refractivity contribution in [1.82, 2.24) is 0 Å². The van der Waals surface area contributed by atoms with Crippen molar-refractivity contribution in [2.75, 3.05) is 0 Å². The molecule has 522 valence electrons. The molecule has 0 nitrogen and oxygen atoms in total. The van der Waals surface area contributed by atoms with E-state index in [1.54, 1.807) is 0 Å². The smallest absolute Gasteiger partial charge is 0.0326 e. The lowest BCUT2D eigenvalue weighted by molar-refractivity contribution is 0.222. The Labute approximate surface area is 552 Å². The number of rotatable bonds is 71. The van der Waals surface area contributed by atoms with E-state index >= 15 is 0 Å². The van der Waals surface area contributed by atoms with E-state index in [1.807, 2.05) is 0 Å². The lowest BCUT2D eigenvalue weighted by Crippen LogP contribution is -2.16. The Kier molecular flexibility index (Phi) is 83.1. The van der Waals surface area contributed by atoms with E-state index in [-0.39, 0.29) is 0 Å². The van der Waals surface area contributed by atoms with E-state index in [0.29, 0.717) is 5.41 Å². The molecule has 1 atom stereocenters. The minimum atomic E-state index is 0.635. The molecule has 1 unspecified atom stereocenters. The van der Waals surface area contributed by atoms with Gasteiger partial charge in [-0.2, -0.15) is 0 Å². The van der Waals surface area contributed by atoms with Gasteiger partial charge in [0.25, 0.3) is 0 Å². The van der Waals surface area contributed by atoms with Crippen molar-refractivity contribution < 1.29 is 0 Å². The molecule has 0 spiro atoms. The van der Waals surface area contributed by atoms with Crippen LogP contribution in [0.15, 0.2) is 0 Å². The monoisotopic (exact) mass is 1210 g/mol. The standard InChI is InChI=1S/C31H64.C29H60.C26H54/c1-5-8-11-14-17-20-23-26-30(4)29-31(27-24-21-18-15-12-9-6-2)28-25-22-19-16-13-10-7-3;1-5-8-11-14-17-20-23-26-29(4,27-24-21-18-15-12-9-6-2)28-25-22-19-16-13-10-7-3;1-5-9-13-19-25(20-14-10-6-2)23-17-18-24-26(21-15-11-7-3)22-16-12-8-4/h30-31H,5-29H2,1-4H3;5-28H2,1-4H3;25-26H,5-24H2,1-4H3. The fourth-order valence-corrected chi connectivity index (χ4v) is 14.7. The van der Waals surface area contributed by atoms with Gasteiger partial charge < -0.3 is 0 Å². The molecule has 0 aromatic heterocycles. The number of hydrogen-bond donors (Lipinski definition) is 0. The normalized spacial score (nSPS) is 12.2. The molecule has 0 saturated heterocycles. The van der Waals surface area contributed by atoms with Crippen molar-refractivity contribution in [2.45, 2.75) is 526 Å². The van der Waals surface area contributed by atoms with Crippen LogP contribution in [-0.2, 0) is 0 Å². The highest BCUT2D eigenvalue weighted by Crippen LogP contribution is 2.37. The molecule has 0 rings (SSSR count). The molecular weight excluding hydrogens is 1030 g/mol. The van der Waals surface area contributed by atoms with Gasteiger partial charge in [0.15, 0.2) is 0 Å². The first-order valence-corrected chi connectivity index (χ1v) is 42.2. The Morgan fingerprint density at radius 3 is 0.558 bits per heavy atom. The summed E-state index contributed by atoms with van der Waals surface area (Å²) < 4.78 is 0. The third kappa shape index (κ3) is 74.7. The van der Waals surface area contributed by atoms with Gasteiger partial charge in [-0.25, -0.2) is 0 Å². The van der Waals surface area contributed by atoms with Crippen molar-refractivity contribution >= 4 is 0 Å². The largest absolute Gasteiger partial charge is 0.0654 e. The van der Waals surface area contributed by atoms with E-state index in [4.69, 9.17) is 0 Å². The second-order valence-corrected chi connectivity index (χ2v) is 30.4. The summed E-state index contributed by atoms with van der Waals surface area (Å²) in [5, 5.41) is 0. The molecule has 86 heavy (non-hydrogen) atoms. The van der Waals surface area contributed by atoms with Crippen molar-refractivity contribution in [2.24, 2.45) is 29.1 Å². The summed E-state index contributed by atoms with van der Waals surface area (Å²) in [6, 6.07) is 0. The Balaban J connectivity index is -0.00000121. The van der Waals surface area contributed by atoms with Crippen LogP contribution in [0, 0.1) is 29.1 Å². The van der Waals surface area contributed by atoms with Crippen molar-refractivity contribution in [3.8, 4) is 0 Å². The SMILES string of the molecule is CCCCCC(CCCCC)CCCCC(CCCCC)CCCCC.CCCCCCCCCC(C)(CCCCCCCCC)CCCCCCCCC.CCCCCCCCCC(C)CC(CCCCCCCCC)CCCCCCCCC. The molecule has 0 amide bonds. The van der Waals surface area contributed by atoms with Gasteiger partial charge in [0.05, 0.1) is 0 Å². The summed E-state index contributed by atoms with van der Waals surface area (Å²) in [6.07, 6.45) is 101. The highest BCUT2D eigenvalue weighted by atomic mass is 14.3. The summed E-state index contributed by atoms with van der Waals surface area (Å²) in [7, 11) is 0. The average molecular weight is 1210 g/mol. The Bertz CT molecular complexity index is 1010. The minimum absolute atomic E-state index is 0.635. The number of unbranched alkanes of at least 4 members (excludes halogenated alkanes) is 45. The highest BCUT2D eigenvalue weighted by molar-refractivity contribution is 4.75. The molecule has 0 N–H and O–H groups in total. The molecule has 0 aromatic rings. The van der Waals surface area contributed by atoms with Crippen LogP contribution in [0.25, 0.3) is 0 Å². The Hall–Kier alpha value is 0. The van der Waals surface area contributed by atoms with Crippen LogP contribution < -0.4 is 0 Å². The first kappa shape index (κ1) is 90.2. The van der Waals surface area contributed by atoms with Gasteiger partial charge in [0.1, 0.15) is 0 Å². The van der Waals surface area contributed by atoms with Gasteiger partial charge in [-0.1, -0.05) is 500 Å². The maximum atomic E-state index is 2.64. The Morgan fingerprint density at radius 1 is 0.174 bits per heavy atom. The summed E-state index contributed by atoms with van der Waals surface area (Å²) >= 11 is 0. The zero-order valence-electron chi connectivity index (χ0n) is 63.6. The van der Waals surface area contributed by atoms with Gasteiger partial charge >= 0.3 is 0 Å². The lowest BCUT2D eigenvalue weighted by Gasteiger charge is -2.30. The fraction of sp³-hybridized carbons (Fsp3) is 1.00. The molecule has 0 bridgehead atoms. The van der Waals surface area contributed by atoms with E-state index in [1.165, 1.54) is 443 Å². The molecule has 0 radical (unpaired) electrons. The van der Waals surface area contributed by atoms with Crippen LogP contribution >= 0.6 is 0 Å². The van der Waals surface area contributed by atoms with Gasteiger partial charge in [-0.05, 0) is 54.8 Å². The molecular formula is C86H178.